The molecule has 3 aromatic rings. The van der Waals surface area contributed by atoms with E-state index in [1.165, 1.54) is 24.3 Å². The zero-order valence-corrected chi connectivity index (χ0v) is 18.3. The molecule has 3 amide bonds. The van der Waals surface area contributed by atoms with Gasteiger partial charge in [0.15, 0.2) is 5.76 Å². The quantitative estimate of drug-likeness (QED) is 0.532. The van der Waals surface area contributed by atoms with Crippen LogP contribution in [-0.4, -0.2) is 36.2 Å². The highest BCUT2D eigenvalue weighted by Crippen LogP contribution is 2.21. The molecule has 0 aliphatic carbocycles. The zero-order chi connectivity index (χ0) is 23.1. The summed E-state index contributed by atoms with van der Waals surface area (Å²) in [5, 5.41) is 0.676. The Labute approximate surface area is 190 Å². The number of hydrazine groups is 1. The highest BCUT2D eigenvalue weighted by atomic mass is 35.5. The van der Waals surface area contributed by atoms with Crippen LogP contribution in [0.4, 0.5) is 0 Å². The van der Waals surface area contributed by atoms with Gasteiger partial charge in [0.25, 0.3) is 17.7 Å². The van der Waals surface area contributed by atoms with Crippen LogP contribution in [0.5, 0.6) is 5.75 Å². The minimum absolute atomic E-state index is 0.125. The van der Waals surface area contributed by atoms with Gasteiger partial charge in [-0.1, -0.05) is 23.7 Å². The number of amides is 3. The fourth-order valence-electron chi connectivity index (χ4n) is 2.74. The van der Waals surface area contributed by atoms with Crippen molar-refractivity contribution in [1.82, 2.24) is 15.8 Å². The maximum absolute atomic E-state index is 12.3. The minimum atomic E-state index is -0.552. The van der Waals surface area contributed by atoms with E-state index in [4.69, 9.17) is 20.8 Å². The average molecular weight is 456 g/mol. The number of carbonyl (C=O) groups excluding carboxylic acids is 3. The number of hydrogen-bond donors (Lipinski definition) is 2. The van der Waals surface area contributed by atoms with E-state index >= 15 is 0 Å². The van der Waals surface area contributed by atoms with Gasteiger partial charge in [-0.05, 0) is 60.5 Å². The largest absolute Gasteiger partial charge is 0.489 e. The molecule has 0 unspecified atom stereocenters. The van der Waals surface area contributed by atoms with E-state index in [2.05, 4.69) is 10.9 Å². The van der Waals surface area contributed by atoms with Gasteiger partial charge in [-0.25, -0.2) is 0 Å². The van der Waals surface area contributed by atoms with Gasteiger partial charge in [0, 0.05) is 17.6 Å². The van der Waals surface area contributed by atoms with E-state index in [0.717, 1.165) is 11.1 Å². The summed E-state index contributed by atoms with van der Waals surface area (Å²) >= 11 is 6.01. The summed E-state index contributed by atoms with van der Waals surface area (Å²) in [6.07, 6.45) is 1.37. The lowest BCUT2D eigenvalue weighted by Crippen LogP contribution is -2.46. The van der Waals surface area contributed by atoms with E-state index in [1.54, 1.807) is 42.5 Å². The molecule has 1 heterocycles. The number of likely N-dealkylation sites (N-methyl/N-ethyl adjacent to an activating group) is 1. The normalized spacial score (nSPS) is 10.3. The Morgan fingerprint density at radius 1 is 1.06 bits per heavy atom. The smallest absolute Gasteiger partial charge is 0.289 e. The highest BCUT2D eigenvalue weighted by molar-refractivity contribution is 6.31. The second-order valence-corrected chi connectivity index (χ2v) is 7.44. The molecular formula is C23H22ClN3O5. The summed E-state index contributed by atoms with van der Waals surface area (Å²) in [6.45, 7) is 1.98. The van der Waals surface area contributed by atoms with Crippen molar-refractivity contribution in [3.8, 4) is 5.75 Å². The van der Waals surface area contributed by atoms with E-state index in [0.29, 0.717) is 22.9 Å². The van der Waals surface area contributed by atoms with E-state index in [9.17, 15) is 14.4 Å². The number of aryl methyl sites for hydroxylation is 1. The summed E-state index contributed by atoms with van der Waals surface area (Å²) < 4.78 is 10.7. The molecule has 8 nitrogen and oxygen atoms in total. The first-order valence-electron chi connectivity index (χ1n) is 9.69. The van der Waals surface area contributed by atoms with Crippen LogP contribution in [0.15, 0.2) is 65.3 Å². The number of furan rings is 1. The molecule has 1 aromatic heterocycles. The van der Waals surface area contributed by atoms with E-state index in [1.807, 2.05) is 13.0 Å². The van der Waals surface area contributed by atoms with Crippen LogP contribution >= 0.6 is 11.6 Å². The van der Waals surface area contributed by atoms with Crippen molar-refractivity contribution in [2.45, 2.75) is 13.5 Å². The van der Waals surface area contributed by atoms with Gasteiger partial charge in [0.1, 0.15) is 18.9 Å². The number of nitrogens with zero attached hydrogens (tertiary/aromatic N) is 1. The van der Waals surface area contributed by atoms with Crippen LogP contribution in [0.25, 0.3) is 0 Å². The molecule has 2 aromatic carbocycles. The van der Waals surface area contributed by atoms with Crippen molar-refractivity contribution in [2.24, 2.45) is 0 Å². The fraction of sp³-hybridized carbons (Fsp3) is 0.174. The molecule has 0 aliphatic heterocycles. The molecule has 2 N–H and O–H groups in total. The Bertz CT molecular complexity index is 1100. The van der Waals surface area contributed by atoms with Gasteiger partial charge in [-0.2, -0.15) is 0 Å². The van der Waals surface area contributed by atoms with Gasteiger partial charge in [0.05, 0.1) is 6.26 Å². The Kier molecular flexibility index (Phi) is 7.51. The van der Waals surface area contributed by atoms with E-state index in [-0.39, 0.29) is 12.3 Å². The minimum Gasteiger partial charge on any atom is -0.489 e. The van der Waals surface area contributed by atoms with Gasteiger partial charge in [0.2, 0.25) is 0 Å². The number of nitrogens with one attached hydrogen (secondary N) is 2. The first-order chi connectivity index (χ1) is 15.3. The number of ether oxygens (including phenoxy) is 1. The first-order valence-corrected chi connectivity index (χ1v) is 10.1. The Balaban J connectivity index is 1.45. The lowest BCUT2D eigenvalue weighted by atomic mass is 10.1. The molecule has 0 aliphatic rings. The maximum Gasteiger partial charge on any atom is 0.289 e. The third-order valence-electron chi connectivity index (χ3n) is 4.53. The lowest BCUT2D eigenvalue weighted by molar-refractivity contribution is -0.122. The van der Waals surface area contributed by atoms with Crippen LogP contribution in [0, 0.1) is 6.92 Å². The monoisotopic (exact) mass is 455 g/mol. The van der Waals surface area contributed by atoms with Crippen molar-refractivity contribution in [1.29, 1.82) is 0 Å². The van der Waals surface area contributed by atoms with Crippen molar-refractivity contribution < 1.29 is 23.5 Å². The molecule has 0 fully saturated rings. The molecule has 32 heavy (non-hydrogen) atoms. The third kappa shape index (κ3) is 6.12. The second kappa shape index (κ2) is 10.5. The van der Waals surface area contributed by atoms with Crippen LogP contribution in [0.3, 0.4) is 0 Å². The average Bonchev–Trinajstić information content (AvgIpc) is 3.33. The van der Waals surface area contributed by atoms with Crippen LogP contribution in [-0.2, 0) is 11.4 Å². The summed E-state index contributed by atoms with van der Waals surface area (Å²) in [7, 11) is 1.46. The van der Waals surface area contributed by atoms with Crippen LogP contribution in [0.1, 0.15) is 32.0 Å². The molecule has 0 atom stereocenters. The Morgan fingerprint density at radius 3 is 2.47 bits per heavy atom. The highest BCUT2D eigenvalue weighted by Gasteiger charge is 2.17. The predicted molar refractivity (Wildman–Crippen MR) is 118 cm³/mol. The summed E-state index contributed by atoms with van der Waals surface area (Å²) in [4.78, 5) is 37.5. The molecule has 0 spiro atoms. The van der Waals surface area contributed by atoms with Gasteiger partial charge < -0.3 is 14.1 Å². The molecule has 0 radical (unpaired) electrons. The van der Waals surface area contributed by atoms with Gasteiger partial charge >= 0.3 is 0 Å². The topological polar surface area (TPSA) is 101 Å². The summed E-state index contributed by atoms with van der Waals surface area (Å²) in [6, 6.07) is 15.3. The van der Waals surface area contributed by atoms with Gasteiger partial charge in [-0.15, -0.1) is 0 Å². The molecule has 9 heteroatoms. The lowest BCUT2D eigenvalue weighted by Gasteiger charge is -2.15. The number of benzene rings is 2. The zero-order valence-electron chi connectivity index (χ0n) is 17.6. The molecule has 0 saturated carbocycles. The van der Waals surface area contributed by atoms with Crippen LogP contribution in [0.2, 0.25) is 5.02 Å². The maximum atomic E-state index is 12.3. The number of carbonyl (C=O) groups is 3. The fourth-order valence-corrected chi connectivity index (χ4v) is 2.86. The van der Waals surface area contributed by atoms with Crippen LogP contribution < -0.4 is 15.6 Å². The van der Waals surface area contributed by atoms with Crippen molar-refractivity contribution in [3.05, 3.63) is 88.3 Å². The van der Waals surface area contributed by atoms with Crippen molar-refractivity contribution in [2.75, 3.05) is 13.6 Å². The molecule has 3 rings (SSSR count). The molecule has 0 saturated heterocycles. The summed E-state index contributed by atoms with van der Waals surface area (Å²) in [5.41, 5.74) is 6.76. The number of halogens is 1. The first kappa shape index (κ1) is 22.9. The number of hydrogen-bond acceptors (Lipinski definition) is 5. The van der Waals surface area contributed by atoms with Gasteiger partial charge in [-0.3, -0.25) is 25.2 Å². The Morgan fingerprint density at radius 2 is 1.81 bits per heavy atom. The second-order valence-electron chi connectivity index (χ2n) is 7.04. The van der Waals surface area contributed by atoms with E-state index < -0.39 is 17.7 Å². The molecule has 166 valence electrons. The Hall–Kier alpha value is -3.78. The SMILES string of the molecule is Cc1cc(OCc2ccc(C(=O)NNC(=O)CN(C)C(=O)c3ccco3)cc2)ccc1Cl. The number of rotatable bonds is 7. The predicted octanol–water partition coefficient (Wildman–Crippen LogP) is 3.35. The molecule has 0 bridgehead atoms. The summed E-state index contributed by atoms with van der Waals surface area (Å²) in [5.74, 6) is -0.655. The third-order valence-corrected chi connectivity index (χ3v) is 4.95. The standard InChI is InChI=1S/C23H22ClN3O5/c1-15-12-18(9-10-19(15)24)32-14-16-5-7-17(8-6-16)22(29)26-25-21(28)13-27(2)23(30)20-4-3-11-31-20/h3-12H,13-14H2,1-2H3,(H,25,28)(H,26,29). The van der Waals surface area contributed by atoms with Crippen molar-refractivity contribution in [3.63, 3.8) is 0 Å². The van der Waals surface area contributed by atoms with Crippen molar-refractivity contribution >= 4 is 29.3 Å². The molecular weight excluding hydrogens is 434 g/mol.